The maximum absolute atomic E-state index is 12.6. The lowest BCUT2D eigenvalue weighted by molar-refractivity contribution is 0.216. The number of hydrogen-bond donors (Lipinski definition) is 1. The van der Waals surface area contributed by atoms with E-state index in [4.69, 9.17) is 9.84 Å². The molecule has 0 aromatic carbocycles. The zero-order valence-electron chi connectivity index (χ0n) is 19.0. The smallest absolute Gasteiger partial charge is 0.286 e. The second-order valence-electron chi connectivity index (χ2n) is 8.15. The fraction of sp³-hybridized carbons (Fsp3) is 0.435. The third-order valence-corrected chi connectivity index (χ3v) is 5.97. The van der Waals surface area contributed by atoms with Crippen LogP contribution in [0.15, 0.2) is 29.3 Å². The highest BCUT2D eigenvalue weighted by molar-refractivity contribution is 5.69. The maximum Gasteiger partial charge on any atom is 0.286 e. The number of pyridine rings is 1. The van der Waals surface area contributed by atoms with Gasteiger partial charge in [0.05, 0.1) is 24.1 Å². The van der Waals surface area contributed by atoms with E-state index in [1.165, 1.54) is 4.68 Å². The van der Waals surface area contributed by atoms with Crippen molar-refractivity contribution in [2.75, 3.05) is 24.6 Å². The van der Waals surface area contributed by atoms with Gasteiger partial charge < -0.3 is 14.7 Å². The molecule has 172 valence electrons. The van der Waals surface area contributed by atoms with Crippen LogP contribution in [0.4, 0.5) is 5.69 Å². The summed E-state index contributed by atoms with van der Waals surface area (Å²) < 4.78 is 9.24. The Balaban J connectivity index is 1.50. The SMILES string of the molecule is Cc1nn(C)c(C)c1-c1ccnc(O[C@@H]2CCN(c3cnn(CCCO)c(=O)c3C#N)C2)c1. The van der Waals surface area contributed by atoms with Gasteiger partial charge in [-0.15, -0.1) is 0 Å². The number of nitriles is 1. The molecule has 0 unspecified atom stereocenters. The number of aryl methyl sites for hydroxylation is 3. The first-order valence-electron chi connectivity index (χ1n) is 10.9. The van der Waals surface area contributed by atoms with E-state index >= 15 is 0 Å². The largest absolute Gasteiger partial charge is 0.472 e. The summed E-state index contributed by atoms with van der Waals surface area (Å²) in [6.45, 7) is 5.40. The highest BCUT2D eigenvalue weighted by Gasteiger charge is 2.28. The second-order valence-corrected chi connectivity index (χ2v) is 8.15. The first-order valence-corrected chi connectivity index (χ1v) is 10.9. The molecule has 1 fully saturated rings. The summed E-state index contributed by atoms with van der Waals surface area (Å²) in [4.78, 5) is 18.9. The average Bonchev–Trinajstić information content (AvgIpc) is 3.36. The molecule has 4 rings (SSSR count). The first kappa shape index (κ1) is 22.5. The van der Waals surface area contributed by atoms with Crippen LogP contribution in [0.3, 0.4) is 0 Å². The van der Waals surface area contributed by atoms with Gasteiger partial charge in [0, 0.05) is 56.7 Å². The van der Waals surface area contributed by atoms with Gasteiger partial charge in [-0.1, -0.05) is 0 Å². The molecule has 10 heteroatoms. The molecule has 1 saturated heterocycles. The van der Waals surface area contributed by atoms with Gasteiger partial charge in [-0.3, -0.25) is 9.48 Å². The van der Waals surface area contributed by atoms with E-state index < -0.39 is 5.56 Å². The van der Waals surface area contributed by atoms with Crippen molar-refractivity contribution in [2.45, 2.75) is 39.3 Å². The van der Waals surface area contributed by atoms with Gasteiger partial charge in [0.2, 0.25) is 5.88 Å². The van der Waals surface area contributed by atoms with Crippen LogP contribution in [0.25, 0.3) is 11.1 Å². The van der Waals surface area contributed by atoms with Crippen LogP contribution >= 0.6 is 0 Å². The molecule has 1 N–H and O–H groups in total. The fourth-order valence-corrected chi connectivity index (χ4v) is 4.24. The summed E-state index contributed by atoms with van der Waals surface area (Å²) in [7, 11) is 1.92. The Morgan fingerprint density at radius 1 is 1.36 bits per heavy atom. The van der Waals surface area contributed by atoms with Crippen molar-refractivity contribution in [3.05, 3.63) is 51.8 Å². The van der Waals surface area contributed by atoms with Gasteiger partial charge in [0.1, 0.15) is 17.7 Å². The average molecular weight is 450 g/mol. The van der Waals surface area contributed by atoms with Crippen molar-refractivity contribution in [3.63, 3.8) is 0 Å². The van der Waals surface area contributed by atoms with Crippen LogP contribution in [0.5, 0.6) is 5.88 Å². The molecule has 0 spiro atoms. The van der Waals surface area contributed by atoms with E-state index in [0.717, 1.165) is 28.9 Å². The highest BCUT2D eigenvalue weighted by atomic mass is 16.5. The third-order valence-electron chi connectivity index (χ3n) is 5.97. The van der Waals surface area contributed by atoms with Crippen molar-refractivity contribution < 1.29 is 9.84 Å². The Bertz CT molecular complexity index is 1260. The van der Waals surface area contributed by atoms with Crippen molar-refractivity contribution in [1.29, 1.82) is 5.26 Å². The predicted molar refractivity (Wildman–Crippen MR) is 122 cm³/mol. The lowest BCUT2D eigenvalue weighted by atomic mass is 10.1. The summed E-state index contributed by atoms with van der Waals surface area (Å²) in [5.41, 5.74) is 4.23. The van der Waals surface area contributed by atoms with Crippen LogP contribution in [-0.4, -0.2) is 55.5 Å². The second kappa shape index (κ2) is 9.42. The predicted octanol–water partition coefficient (Wildman–Crippen LogP) is 1.57. The quantitative estimate of drug-likeness (QED) is 0.577. The zero-order valence-corrected chi connectivity index (χ0v) is 19.0. The molecule has 0 bridgehead atoms. The van der Waals surface area contributed by atoms with Gasteiger partial charge in [0.15, 0.2) is 0 Å². The minimum atomic E-state index is -0.440. The Morgan fingerprint density at radius 2 is 2.18 bits per heavy atom. The lowest BCUT2D eigenvalue weighted by Gasteiger charge is -2.20. The van der Waals surface area contributed by atoms with E-state index in [2.05, 4.69) is 15.2 Å². The van der Waals surface area contributed by atoms with Crippen molar-refractivity contribution in [3.8, 4) is 23.1 Å². The molecular weight excluding hydrogens is 422 g/mol. The molecule has 0 saturated carbocycles. The minimum Gasteiger partial charge on any atom is -0.472 e. The summed E-state index contributed by atoms with van der Waals surface area (Å²) in [6.07, 6.45) is 4.28. The molecule has 0 amide bonds. The van der Waals surface area contributed by atoms with Gasteiger partial charge in [-0.05, 0) is 31.9 Å². The number of rotatable bonds is 7. The number of anilines is 1. The van der Waals surface area contributed by atoms with E-state index in [9.17, 15) is 10.1 Å². The molecular formula is C23H27N7O3. The summed E-state index contributed by atoms with van der Waals surface area (Å²) in [5, 5.41) is 27.2. The molecule has 33 heavy (non-hydrogen) atoms. The van der Waals surface area contributed by atoms with E-state index in [-0.39, 0.29) is 24.8 Å². The number of nitrogens with zero attached hydrogens (tertiary/aromatic N) is 7. The minimum absolute atomic E-state index is 0.0436. The molecule has 10 nitrogen and oxygen atoms in total. The van der Waals surface area contributed by atoms with Crippen LogP contribution in [0, 0.1) is 25.2 Å². The number of aliphatic hydroxyl groups is 1. The molecule has 1 atom stereocenters. The van der Waals surface area contributed by atoms with Crippen LogP contribution in [-0.2, 0) is 13.6 Å². The topological polar surface area (TPSA) is 122 Å². The summed E-state index contributed by atoms with van der Waals surface area (Å²) in [5.74, 6) is 0.528. The van der Waals surface area contributed by atoms with Gasteiger partial charge in [-0.25, -0.2) is 9.67 Å². The van der Waals surface area contributed by atoms with Gasteiger partial charge in [-0.2, -0.15) is 15.5 Å². The lowest BCUT2D eigenvalue weighted by Crippen LogP contribution is -2.31. The molecule has 3 aromatic heterocycles. The number of hydrogen-bond acceptors (Lipinski definition) is 8. The van der Waals surface area contributed by atoms with Crippen LogP contribution in [0.1, 0.15) is 29.8 Å². The Kier molecular flexibility index (Phi) is 6.42. The highest BCUT2D eigenvalue weighted by Crippen LogP contribution is 2.29. The number of aliphatic hydroxyl groups excluding tert-OH is 1. The van der Waals surface area contributed by atoms with Crippen LogP contribution < -0.4 is 15.2 Å². The standard InChI is InChI=1S/C23H27N7O3/c1-15-22(16(2)28(3)27-15)17-5-7-25-21(11-17)33-18-6-9-29(14-18)20-13-26-30(8-4-10-31)23(32)19(20)12-24/h5,7,11,13,18,31H,4,6,8-10,14H2,1-3H3/t18-/m1/s1. The zero-order chi connectivity index (χ0) is 23.5. The Morgan fingerprint density at radius 3 is 2.88 bits per heavy atom. The first-order chi connectivity index (χ1) is 15.9. The molecule has 3 aromatic rings. The van der Waals surface area contributed by atoms with Crippen molar-refractivity contribution in [2.24, 2.45) is 7.05 Å². The molecule has 4 heterocycles. The van der Waals surface area contributed by atoms with E-state index in [0.29, 0.717) is 31.1 Å². The van der Waals surface area contributed by atoms with Crippen molar-refractivity contribution >= 4 is 5.69 Å². The molecule has 1 aliphatic rings. The monoisotopic (exact) mass is 449 g/mol. The molecule has 0 radical (unpaired) electrons. The Labute approximate surface area is 191 Å². The Hall–Kier alpha value is -3.71. The maximum atomic E-state index is 12.6. The molecule has 0 aliphatic carbocycles. The van der Waals surface area contributed by atoms with E-state index in [1.807, 2.05) is 48.7 Å². The van der Waals surface area contributed by atoms with E-state index in [1.54, 1.807) is 12.4 Å². The molecule has 1 aliphatic heterocycles. The fourth-order valence-electron chi connectivity index (χ4n) is 4.24. The van der Waals surface area contributed by atoms with Gasteiger partial charge >= 0.3 is 0 Å². The normalized spacial score (nSPS) is 15.6. The third kappa shape index (κ3) is 4.45. The van der Waals surface area contributed by atoms with Crippen LogP contribution in [0.2, 0.25) is 0 Å². The number of aromatic nitrogens is 5. The number of ether oxygens (including phenoxy) is 1. The van der Waals surface area contributed by atoms with Gasteiger partial charge in [0.25, 0.3) is 5.56 Å². The summed E-state index contributed by atoms with van der Waals surface area (Å²) in [6, 6.07) is 5.89. The van der Waals surface area contributed by atoms with Crippen molar-refractivity contribution in [1.82, 2.24) is 24.5 Å². The summed E-state index contributed by atoms with van der Waals surface area (Å²) >= 11 is 0.